The number of hydrogen-bond acceptors (Lipinski definition) is 4. The first-order chi connectivity index (χ1) is 8.69. The summed E-state index contributed by atoms with van der Waals surface area (Å²) in [5.74, 6) is -0.181. The first-order valence-electron chi connectivity index (χ1n) is 6.11. The number of nitrogens with one attached hydrogen (secondary N) is 1. The van der Waals surface area contributed by atoms with E-state index in [0.29, 0.717) is 11.3 Å². The van der Waals surface area contributed by atoms with Crippen LogP contribution in [0.25, 0.3) is 0 Å². The highest BCUT2D eigenvalue weighted by Crippen LogP contribution is 2.17. The third-order valence-corrected chi connectivity index (χ3v) is 3.23. The van der Waals surface area contributed by atoms with Gasteiger partial charge in [-0.3, -0.25) is 4.79 Å². The third-order valence-electron chi connectivity index (χ3n) is 3.23. The molecule has 1 saturated carbocycles. The van der Waals surface area contributed by atoms with Crippen molar-refractivity contribution in [2.45, 2.75) is 37.8 Å². The van der Waals surface area contributed by atoms with Crippen LogP contribution < -0.4 is 11.1 Å². The molecule has 2 rings (SSSR count). The number of pyridine rings is 1. The van der Waals surface area contributed by atoms with Crippen LogP contribution in [0.4, 0.5) is 0 Å². The Balaban J connectivity index is 1.93. The van der Waals surface area contributed by atoms with E-state index >= 15 is 0 Å². The number of nitrogens with two attached hydrogens (primary N) is 1. The minimum atomic E-state index is -0.181. The molecular formula is C13H16N4O. The quantitative estimate of drug-likeness (QED) is 0.810. The summed E-state index contributed by atoms with van der Waals surface area (Å²) >= 11 is 0. The maximum Gasteiger partial charge on any atom is 0.270 e. The molecule has 94 valence electrons. The molecule has 0 radical (unpaired) electrons. The molecule has 0 unspecified atom stereocenters. The molecule has 0 aromatic carbocycles. The monoisotopic (exact) mass is 244 g/mol. The molecular weight excluding hydrogens is 228 g/mol. The smallest absolute Gasteiger partial charge is 0.270 e. The van der Waals surface area contributed by atoms with Gasteiger partial charge in [-0.05, 0) is 37.8 Å². The molecule has 18 heavy (non-hydrogen) atoms. The van der Waals surface area contributed by atoms with Gasteiger partial charge in [-0.2, -0.15) is 5.26 Å². The fourth-order valence-corrected chi connectivity index (χ4v) is 2.12. The first kappa shape index (κ1) is 12.5. The van der Waals surface area contributed by atoms with E-state index in [9.17, 15) is 4.79 Å². The Bertz CT molecular complexity index is 455. The number of rotatable bonds is 2. The lowest BCUT2D eigenvalue weighted by Gasteiger charge is -2.26. The normalized spacial score (nSPS) is 23.1. The van der Waals surface area contributed by atoms with Crippen molar-refractivity contribution in [2.75, 3.05) is 0 Å². The molecule has 0 aliphatic heterocycles. The van der Waals surface area contributed by atoms with Gasteiger partial charge in [0.1, 0.15) is 11.8 Å². The maximum absolute atomic E-state index is 11.9. The van der Waals surface area contributed by atoms with Gasteiger partial charge in [0.2, 0.25) is 0 Å². The molecule has 5 heteroatoms. The molecule has 1 aliphatic rings. The van der Waals surface area contributed by atoms with E-state index in [1.807, 2.05) is 6.07 Å². The largest absolute Gasteiger partial charge is 0.348 e. The van der Waals surface area contributed by atoms with Gasteiger partial charge in [-0.1, -0.05) is 0 Å². The van der Waals surface area contributed by atoms with Crippen molar-refractivity contribution in [1.82, 2.24) is 10.3 Å². The molecule has 5 nitrogen and oxygen atoms in total. The first-order valence-corrected chi connectivity index (χ1v) is 6.11. The lowest BCUT2D eigenvalue weighted by Crippen LogP contribution is -2.40. The van der Waals surface area contributed by atoms with Crippen LogP contribution in [0.5, 0.6) is 0 Å². The Morgan fingerprint density at radius 1 is 1.39 bits per heavy atom. The minimum absolute atomic E-state index is 0.181. The standard InChI is InChI=1S/C13H16N4O/c14-7-9-1-6-12(16-8-9)13(18)17-11-4-2-10(15)3-5-11/h1,6,8,10-11H,2-5,15H2,(H,17,18). The zero-order valence-electron chi connectivity index (χ0n) is 10.1. The number of amides is 1. The van der Waals surface area contributed by atoms with Crippen LogP contribution in [0.2, 0.25) is 0 Å². The van der Waals surface area contributed by atoms with Crippen molar-refractivity contribution in [3.05, 3.63) is 29.6 Å². The predicted octanol–water partition coefficient (Wildman–Crippen LogP) is 0.953. The van der Waals surface area contributed by atoms with Crippen LogP contribution in [0.1, 0.15) is 41.7 Å². The van der Waals surface area contributed by atoms with Crippen molar-refractivity contribution < 1.29 is 4.79 Å². The summed E-state index contributed by atoms with van der Waals surface area (Å²) in [5, 5.41) is 11.6. The van der Waals surface area contributed by atoms with Crippen LogP contribution in [0.15, 0.2) is 18.3 Å². The van der Waals surface area contributed by atoms with Gasteiger partial charge in [0.25, 0.3) is 5.91 Å². The van der Waals surface area contributed by atoms with E-state index in [0.717, 1.165) is 25.7 Å². The summed E-state index contributed by atoms with van der Waals surface area (Å²) < 4.78 is 0. The van der Waals surface area contributed by atoms with E-state index in [-0.39, 0.29) is 18.0 Å². The number of carbonyl (C=O) groups excluding carboxylic acids is 1. The second-order valence-electron chi connectivity index (χ2n) is 4.63. The number of nitrogens with zero attached hydrogens (tertiary/aromatic N) is 2. The van der Waals surface area contributed by atoms with Crippen LogP contribution >= 0.6 is 0 Å². The van der Waals surface area contributed by atoms with E-state index in [2.05, 4.69) is 10.3 Å². The third kappa shape index (κ3) is 3.05. The highest BCUT2D eigenvalue weighted by atomic mass is 16.1. The molecule has 0 saturated heterocycles. The van der Waals surface area contributed by atoms with Crippen molar-refractivity contribution in [1.29, 1.82) is 5.26 Å². The zero-order valence-corrected chi connectivity index (χ0v) is 10.1. The van der Waals surface area contributed by atoms with Crippen molar-refractivity contribution in [3.63, 3.8) is 0 Å². The highest BCUT2D eigenvalue weighted by molar-refractivity contribution is 5.92. The molecule has 1 aliphatic carbocycles. The highest BCUT2D eigenvalue weighted by Gasteiger charge is 2.20. The summed E-state index contributed by atoms with van der Waals surface area (Å²) in [6.07, 6.45) is 5.15. The fourth-order valence-electron chi connectivity index (χ4n) is 2.12. The minimum Gasteiger partial charge on any atom is -0.348 e. The topological polar surface area (TPSA) is 91.8 Å². The second-order valence-corrected chi connectivity index (χ2v) is 4.63. The van der Waals surface area contributed by atoms with Gasteiger partial charge in [0.15, 0.2) is 0 Å². The molecule has 1 aromatic heterocycles. The fraction of sp³-hybridized carbons (Fsp3) is 0.462. The summed E-state index contributed by atoms with van der Waals surface area (Å²) in [5.41, 5.74) is 6.62. The molecule has 1 heterocycles. The van der Waals surface area contributed by atoms with Crippen molar-refractivity contribution >= 4 is 5.91 Å². The van der Waals surface area contributed by atoms with E-state index in [1.165, 1.54) is 6.20 Å². The maximum atomic E-state index is 11.9. The predicted molar refractivity (Wildman–Crippen MR) is 66.6 cm³/mol. The summed E-state index contributed by atoms with van der Waals surface area (Å²) in [6.45, 7) is 0. The molecule has 1 fully saturated rings. The van der Waals surface area contributed by atoms with Gasteiger partial charge in [0, 0.05) is 18.3 Å². The summed E-state index contributed by atoms with van der Waals surface area (Å²) in [6, 6.07) is 5.60. The van der Waals surface area contributed by atoms with Gasteiger partial charge in [-0.25, -0.2) is 4.98 Å². The molecule has 3 N–H and O–H groups in total. The van der Waals surface area contributed by atoms with Gasteiger partial charge < -0.3 is 11.1 Å². The summed E-state index contributed by atoms with van der Waals surface area (Å²) in [7, 11) is 0. The Morgan fingerprint density at radius 2 is 2.11 bits per heavy atom. The van der Waals surface area contributed by atoms with Gasteiger partial charge >= 0.3 is 0 Å². The number of hydrogen-bond donors (Lipinski definition) is 2. The summed E-state index contributed by atoms with van der Waals surface area (Å²) in [4.78, 5) is 15.9. The average Bonchev–Trinajstić information content (AvgIpc) is 2.41. The van der Waals surface area contributed by atoms with Crippen LogP contribution in [0.3, 0.4) is 0 Å². The molecule has 0 spiro atoms. The number of aromatic nitrogens is 1. The average molecular weight is 244 g/mol. The Morgan fingerprint density at radius 3 is 2.67 bits per heavy atom. The Hall–Kier alpha value is -1.93. The molecule has 1 aromatic rings. The molecule has 0 bridgehead atoms. The van der Waals surface area contributed by atoms with Crippen molar-refractivity contribution in [2.24, 2.45) is 5.73 Å². The number of nitriles is 1. The van der Waals surface area contributed by atoms with Gasteiger partial charge in [-0.15, -0.1) is 0 Å². The Kier molecular flexibility index (Phi) is 3.90. The van der Waals surface area contributed by atoms with E-state index in [1.54, 1.807) is 12.1 Å². The second kappa shape index (κ2) is 5.61. The van der Waals surface area contributed by atoms with E-state index in [4.69, 9.17) is 11.0 Å². The van der Waals surface area contributed by atoms with Crippen molar-refractivity contribution in [3.8, 4) is 6.07 Å². The van der Waals surface area contributed by atoms with Crippen LogP contribution in [0, 0.1) is 11.3 Å². The lowest BCUT2D eigenvalue weighted by atomic mass is 9.92. The van der Waals surface area contributed by atoms with E-state index < -0.39 is 0 Å². The van der Waals surface area contributed by atoms with Gasteiger partial charge in [0.05, 0.1) is 5.56 Å². The number of carbonyl (C=O) groups is 1. The van der Waals surface area contributed by atoms with Crippen LogP contribution in [-0.4, -0.2) is 23.0 Å². The molecule has 0 atom stereocenters. The SMILES string of the molecule is N#Cc1ccc(C(=O)NC2CCC(N)CC2)nc1. The zero-order chi connectivity index (χ0) is 13.0. The van der Waals surface area contributed by atoms with Crippen LogP contribution in [-0.2, 0) is 0 Å². The lowest BCUT2D eigenvalue weighted by molar-refractivity contribution is 0.0921. The molecule has 1 amide bonds. The Labute approximate surface area is 106 Å².